The van der Waals surface area contributed by atoms with Crippen molar-refractivity contribution < 1.29 is 13.2 Å². The van der Waals surface area contributed by atoms with E-state index in [1.165, 1.54) is 4.31 Å². The zero-order valence-corrected chi connectivity index (χ0v) is 12.2. The molecule has 1 aromatic rings. The number of anilines is 1. The van der Waals surface area contributed by atoms with Gasteiger partial charge in [-0.2, -0.15) is 12.7 Å². The Labute approximate surface area is 114 Å². The van der Waals surface area contributed by atoms with E-state index in [-0.39, 0.29) is 0 Å². The third-order valence-electron chi connectivity index (χ3n) is 3.28. The van der Waals surface area contributed by atoms with Gasteiger partial charge >= 0.3 is 10.2 Å². The molecule has 5 nitrogen and oxygen atoms in total. The van der Waals surface area contributed by atoms with Gasteiger partial charge in [-0.1, -0.05) is 25.1 Å². The van der Waals surface area contributed by atoms with Gasteiger partial charge in [0.05, 0.1) is 18.9 Å². The summed E-state index contributed by atoms with van der Waals surface area (Å²) >= 11 is 0. The van der Waals surface area contributed by atoms with E-state index in [1.807, 2.05) is 32.0 Å². The first-order valence-corrected chi connectivity index (χ1v) is 7.92. The Balaban J connectivity index is 2.24. The molecule has 1 aromatic carbocycles. The molecule has 1 heterocycles. The lowest BCUT2D eigenvalue weighted by molar-refractivity contribution is 0.0733. The van der Waals surface area contributed by atoms with Crippen LogP contribution in [-0.4, -0.2) is 39.0 Å². The fourth-order valence-electron chi connectivity index (χ4n) is 2.15. The highest BCUT2D eigenvalue weighted by Gasteiger charge is 2.25. The lowest BCUT2D eigenvalue weighted by atomic mass is 10.1. The van der Waals surface area contributed by atoms with Crippen LogP contribution in [0.4, 0.5) is 5.69 Å². The highest BCUT2D eigenvalue weighted by molar-refractivity contribution is 7.90. The molecule has 1 saturated heterocycles. The Kier molecular flexibility index (Phi) is 4.44. The van der Waals surface area contributed by atoms with Crippen molar-refractivity contribution in [3.8, 4) is 0 Å². The van der Waals surface area contributed by atoms with Crippen LogP contribution < -0.4 is 4.72 Å². The predicted molar refractivity (Wildman–Crippen MR) is 75.5 cm³/mol. The molecule has 0 bridgehead atoms. The van der Waals surface area contributed by atoms with Gasteiger partial charge in [-0.3, -0.25) is 4.72 Å². The van der Waals surface area contributed by atoms with Gasteiger partial charge in [0.25, 0.3) is 0 Å². The molecule has 0 unspecified atom stereocenters. The third kappa shape index (κ3) is 3.26. The van der Waals surface area contributed by atoms with E-state index in [0.717, 1.165) is 17.5 Å². The summed E-state index contributed by atoms with van der Waals surface area (Å²) < 4.78 is 34.0. The van der Waals surface area contributed by atoms with Gasteiger partial charge in [0.15, 0.2) is 0 Å². The third-order valence-corrected chi connectivity index (χ3v) is 4.79. The molecule has 0 spiro atoms. The van der Waals surface area contributed by atoms with Crippen LogP contribution in [0.2, 0.25) is 0 Å². The first-order chi connectivity index (χ1) is 9.04. The van der Waals surface area contributed by atoms with E-state index in [4.69, 9.17) is 4.74 Å². The average molecular weight is 284 g/mol. The zero-order valence-electron chi connectivity index (χ0n) is 11.3. The van der Waals surface area contributed by atoms with Crippen LogP contribution in [0.1, 0.15) is 18.1 Å². The van der Waals surface area contributed by atoms with Crippen LogP contribution in [0.3, 0.4) is 0 Å². The van der Waals surface area contributed by atoms with E-state index in [9.17, 15) is 8.42 Å². The molecule has 0 saturated carbocycles. The van der Waals surface area contributed by atoms with E-state index < -0.39 is 10.2 Å². The second kappa shape index (κ2) is 5.90. The minimum atomic E-state index is -3.49. The molecule has 19 heavy (non-hydrogen) atoms. The number of hydrogen-bond donors (Lipinski definition) is 1. The van der Waals surface area contributed by atoms with E-state index >= 15 is 0 Å². The second-order valence-electron chi connectivity index (χ2n) is 4.58. The summed E-state index contributed by atoms with van der Waals surface area (Å²) in [7, 11) is -3.49. The van der Waals surface area contributed by atoms with Gasteiger partial charge < -0.3 is 4.74 Å². The molecule has 0 radical (unpaired) electrons. The van der Waals surface area contributed by atoms with Crippen molar-refractivity contribution in [3.05, 3.63) is 29.3 Å². The molecule has 1 aliphatic rings. The normalized spacial score (nSPS) is 17.4. The molecular formula is C13H20N2O3S. The number of morpholine rings is 1. The molecule has 106 valence electrons. The summed E-state index contributed by atoms with van der Waals surface area (Å²) in [5, 5.41) is 0. The highest BCUT2D eigenvalue weighted by Crippen LogP contribution is 2.23. The number of benzene rings is 1. The largest absolute Gasteiger partial charge is 0.379 e. The second-order valence-corrected chi connectivity index (χ2v) is 6.25. The summed E-state index contributed by atoms with van der Waals surface area (Å²) in [4.78, 5) is 0. The molecule has 0 amide bonds. The molecule has 1 N–H and O–H groups in total. The minimum Gasteiger partial charge on any atom is -0.379 e. The Morgan fingerprint density at radius 2 is 2.00 bits per heavy atom. The Bertz CT molecular complexity index is 537. The van der Waals surface area contributed by atoms with Crippen LogP contribution in [-0.2, 0) is 21.4 Å². The predicted octanol–water partition coefficient (Wildman–Crippen LogP) is 1.55. The summed E-state index contributed by atoms with van der Waals surface area (Å²) in [5.74, 6) is 0. The Hall–Kier alpha value is -1.11. The molecule has 0 aliphatic carbocycles. The number of ether oxygens (including phenoxy) is 1. The van der Waals surface area contributed by atoms with Crippen LogP contribution in [0, 0.1) is 6.92 Å². The quantitative estimate of drug-likeness (QED) is 0.912. The lowest BCUT2D eigenvalue weighted by Crippen LogP contribution is -2.43. The van der Waals surface area contributed by atoms with E-state index in [1.54, 1.807) is 0 Å². The van der Waals surface area contributed by atoms with Crippen molar-refractivity contribution in [1.82, 2.24) is 4.31 Å². The van der Waals surface area contributed by atoms with Crippen LogP contribution in [0.15, 0.2) is 18.2 Å². The van der Waals surface area contributed by atoms with Crippen molar-refractivity contribution in [2.24, 2.45) is 0 Å². The number of hydrogen-bond acceptors (Lipinski definition) is 3. The molecule has 1 fully saturated rings. The van der Waals surface area contributed by atoms with Crippen molar-refractivity contribution in [2.45, 2.75) is 20.3 Å². The lowest BCUT2D eigenvalue weighted by Gasteiger charge is -2.27. The molecule has 0 atom stereocenters. The summed E-state index contributed by atoms with van der Waals surface area (Å²) in [5.41, 5.74) is 2.66. The Morgan fingerprint density at radius 1 is 1.32 bits per heavy atom. The topological polar surface area (TPSA) is 58.6 Å². The fraction of sp³-hybridized carbons (Fsp3) is 0.538. The Morgan fingerprint density at radius 3 is 2.63 bits per heavy atom. The molecule has 6 heteroatoms. The number of para-hydroxylation sites is 1. The summed E-state index contributed by atoms with van der Waals surface area (Å²) in [6.07, 6.45) is 0.794. The maximum atomic E-state index is 12.3. The first-order valence-electron chi connectivity index (χ1n) is 6.48. The van der Waals surface area contributed by atoms with E-state index in [2.05, 4.69) is 4.72 Å². The highest BCUT2D eigenvalue weighted by atomic mass is 32.2. The zero-order chi connectivity index (χ0) is 13.9. The van der Waals surface area contributed by atoms with Crippen LogP contribution in [0.5, 0.6) is 0 Å². The van der Waals surface area contributed by atoms with Gasteiger partial charge in [-0.05, 0) is 24.5 Å². The monoisotopic (exact) mass is 284 g/mol. The maximum Gasteiger partial charge on any atom is 0.301 e. The number of rotatable bonds is 4. The van der Waals surface area contributed by atoms with Crippen molar-refractivity contribution >= 4 is 15.9 Å². The molecule has 2 rings (SSSR count). The smallest absolute Gasteiger partial charge is 0.301 e. The first kappa shape index (κ1) is 14.3. The fourth-order valence-corrected chi connectivity index (χ4v) is 3.46. The minimum absolute atomic E-state index is 0.405. The summed E-state index contributed by atoms with van der Waals surface area (Å²) in [6, 6.07) is 5.81. The van der Waals surface area contributed by atoms with Gasteiger partial charge in [0.1, 0.15) is 0 Å². The number of nitrogens with one attached hydrogen (secondary N) is 1. The SMILES string of the molecule is CCc1cccc(C)c1NS(=O)(=O)N1CCOCC1. The van der Waals surface area contributed by atoms with Crippen LogP contribution in [0.25, 0.3) is 0 Å². The van der Waals surface area contributed by atoms with Crippen molar-refractivity contribution in [2.75, 3.05) is 31.0 Å². The molecule has 0 aromatic heterocycles. The molecule has 1 aliphatic heterocycles. The maximum absolute atomic E-state index is 12.3. The number of aryl methyl sites for hydroxylation is 2. The van der Waals surface area contributed by atoms with Crippen LogP contribution >= 0.6 is 0 Å². The van der Waals surface area contributed by atoms with Gasteiger partial charge in [0.2, 0.25) is 0 Å². The van der Waals surface area contributed by atoms with E-state index in [0.29, 0.717) is 32.0 Å². The van der Waals surface area contributed by atoms with Crippen molar-refractivity contribution in [1.29, 1.82) is 0 Å². The summed E-state index contributed by atoms with van der Waals surface area (Å²) in [6.45, 7) is 5.65. The number of nitrogens with zero attached hydrogens (tertiary/aromatic N) is 1. The average Bonchev–Trinajstić information content (AvgIpc) is 2.42. The van der Waals surface area contributed by atoms with Crippen molar-refractivity contribution in [3.63, 3.8) is 0 Å². The molecular weight excluding hydrogens is 264 g/mol. The van der Waals surface area contributed by atoms with Gasteiger partial charge in [-0.25, -0.2) is 0 Å². The standard InChI is InChI=1S/C13H20N2O3S/c1-3-12-6-4-5-11(2)13(12)14-19(16,17)15-7-9-18-10-8-15/h4-6,14H,3,7-10H2,1-2H3. The van der Waals surface area contributed by atoms with Gasteiger partial charge in [0, 0.05) is 13.1 Å². The van der Waals surface area contributed by atoms with Gasteiger partial charge in [-0.15, -0.1) is 0 Å².